The summed E-state index contributed by atoms with van der Waals surface area (Å²) >= 11 is 0. The third-order valence-corrected chi connectivity index (χ3v) is 3.07. The molecule has 2 saturated carbocycles. The molecule has 0 heterocycles. The minimum absolute atomic E-state index is 0.454. The summed E-state index contributed by atoms with van der Waals surface area (Å²) in [6, 6.07) is 0. The Labute approximate surface area is 92.4 Å². The molecule has 0 aromatic rings. The van der Waals surface area contributed by atoms with E-state index < -0.39 is 0 Å². The van der Waals surface area contributed by atoms with Crippen LogP contribution in [-0.4, -0.2) is 11.6 Å². The summed E-state index contributed by atoms with van der Waals surface area (Å²) in [5, 5.41) is 0. The van der Waals surface area contributed by atoms with Crippen LogP contribution in [0.5, 0.6) is 0 Å². The molecular formula is C13H22O2. The normalized spacial score (nSPS) is 22.7. The highest BCUT2D eigenvalue weighted by molar-refractivity contribution is 5.80. The first-order valence-electron chi connectivity index (χ1n) is 6.32. The number of carbonyl (C=O) groups excluding carboxylic acids is 2. The Morgan fingerprint density at radius 3 is 1.13 bits per heavy atom. The first kappa shape index (κ1) is 12.4. The number of rotatable bonds is 0. The van der Waals surface area contributed by atoms with E-state index in [1.807, 2.05) is 0 Å². The molecular weight excluding hydrogens is 188 g/mol. The molecule has 0 spiro atoms. The van der Waals surface area contributed by atoms with Gasteiger partial charge in [-0.25, -0.2) is 0 Å². The number of Topliss-reactive ketones (excluding diaryl/α,β-unsaturated/α-hetero) is 2. The third-order valence-electron chi connectivity index (χ3n) is 3.07. The molecule has 86 valence electrons. The van der Waals surface area contributed by atoms with Crippen molar-refractivity contribution in [2.24, 2.45) is 0 Å². The van der Waals surface area contributed by atoms with Crippen molar-refractivity contribution in [1.29, 1.82) is 0 Å². The second-order valence-electron chi connectivity index (χ2n) is 4.55. The summed E-state index contributed by atoms with van der Waals surface area (Å²) < 4.78 is 0. The van der Waals surface area contributed by atoms with Crippen molar-refractivity contribution in [2.75, 3.05) is 0 Å². The predicted octanol–water partition coefficient (Wildman–Crippen LogP) is 3.43. The molecule has 2 fully saturated rings. The lowest BCUT2D eigenvalue weighted by molar-refractivity contribution is -0.119. The molecule has 0 amide bonds. The van der Waals surface area contributed by atoms with Gasteiger partial charge in [0.15, 0.2) is 0 Å². The standard InChI is InChI=1S/C8H14O.C5H8O/c9-8-6-4-2-1-3-5-7-8;6-5-3-1-2-4-5/h1-7H2;1-4H2. The number of hydrogen-bond donors (Lipinski definition) is 0. The Hall–Kier alpha value is -0.660. The summed E-state index contributed by atoms with van der Waals surface area (Å²) in [4.78, 5) is 21.1. The second-order valence-corrected chi connectivity index (χ2v) is 4.55. The van der Waals surface area contributed by atoms with Gasteiger partial charge in [-0.3, -0.25) is 9.59 Å². The van der Waals surface area contributed by atoms with Crippen molar-refractivity contribution in [3.05, 3.63) is 0 Å². The molecule has 2 aliphatic rings. The van der Waals surface area contributed by atoms with Crippen LogP contribution in [0.2, 0.25) is 0 Å². The molecule has 2 heteroatoms. The average molecular weight is 210 g/mol. The first-order valence-corrected chi connectivity index (χ1v) is 6.32. The number of carbonyl (C=O) groups is 2. The largest absolute Gasteiger partial charge is 0.300 e. The van der Waals surface area contributed by atoms with Crippen LogP contribution < -0.4 is 0 Å². The van der Waals surface area contributed by atoms with Gasteiger partial charge in [0.05, 0.1) is 0 Å². The maximum Gasteiger partial charge on any atom is 0.132 e. The van der Waals surface area contributed by atoms with Gasteiger partial charge in [-0.2, -0.15) is 0 Å². The van der Waals surface area contributed by atoms with Crippen molar-refractivity contribution < 1.29 is 9.59 Å². The van der Waals surface area contributed by atoms with Crippen molar-refractivity contribution in [3.63, 3.8) is 0 Å². The zero-order chi connectivity index (χ0) is 10.9. The van der Waals surface area contributed by atoms with Crippen molar-refractivity contribution in [1.82, 2.24) is 0 Å². The van der Waals surface area contributed by atoms with Gasteiger partial charge in [-0.15, -0.1) is 0 Å². The topological polar surface area (TPSA) is 34.1 Å². The van der Waals surface area contributed by atoms with E-state index in [1.54, 1.807) is 0 Å². The highest BCUT2D eigenvalue weighted by atomic mass is 16.1. The van der Waals surface area contributed by atoms with E-state index in [9.17, 15) is 9.59 Å². The molecule has 0 aromatic heterocycles. The van der Waals surface area contributed by atoms with Gasteiger partial charge in [0.25, 0.3) is 0 Å². The van der Waals surface area contributed by atoms with Crippen LogP contribution in [-0.2, 0) is 9.59 Å². The van der Waals surface area contributed by atoms with Gasteiger partial charge < -0.3 is 0 Å². The molecule has 2 nitrogen and oxygen atoms in total. The van der Waals surface area contributed by atoms with Crippen LogP contribution in [0.1, 0.15) is 70.6 Å². The summed E-state index contributed by atoms with van der Waals surface area (Å²) in [6.45, 7) is 0. The van der Waals surface area contributed by atoms with Gasteiger partial charge in [0.2, 0.25) is 0 Å². The molecule has 0 unspecified atom stereocenters. The molecule has 0 saturated heterocycles. The molecule has 2 rings (SSSR count). The van der Waals surface area contributed by atoms with E-state index in [2.05, 4.69) is 0 Å². The van der Waals surface area contributed by atoms with Crippen LogP contribution in [0.4, 0.5) is 0 Å². The highest BCUT2D eigenvalue weighted by Crippen LogP contribution is 2.13. The molecule has 2 aliphatic carbocycles. The first-order chi connectivity index (χ1) is 7.29. The lowest BCUT2D eigenvalue weighted by Gasteiger charge is -2.05. The average Bonchev–Trinajstić information content (AvgIpc) is 2.64. The molecule has 0 atom stereocenters. The molecule has 0 aliphatic heterocycles. The lowest BCUT2D eigenvalue weighted by Crippen LogP contribution is -2.00. The summed E-state index contributed by atoms with van der Waals surface area (Å²) in [5.74, 6) is 0.935. The molecule has 0 aromatic carbocycles. The van der Waals surface area contributed by atoms with Gasteiger partial charge in [0, 0.05) is 25.7 Å². The molecule has 15 heavy (non-hydrogen) atoms. The van der Waals surface area contributed by atoms with Crippen LogP contribution >= 0.6 is 0 Å². The van der Waals surface area contributed by atoms with E-state index in [-0.39, 0.29) is 0 Å². The van der Waals surface area contributed by atoms with Crippen molar-refractivity contribution in [2.45, 2.75) is 70.6 Å². The Bertz CT molecular complexity index is 191. The molecule has 0 bridgehead atoms. The van der Waals surface area contributed by atoms with Gasteiger partial charge in [0.1, 0.15) is 11.6 Å². The smallest absolute Gasteiger partial charge is 0.132 e. The molecule has 0 N–H and O–H groups in total. The van der Waals surface area contributed by atoms with Crippen LogP contribution in [0.15, 0.2) is 0 Å². The van der Waals surface area contributed by atoms with Gasteiger partial charge >= 0.3 is 0 Å². The Balaban J connectivity index is 0.000000162. The zero-order valence-electron chi connectivity index (χ0n) is 9.59. The summed E-state index contributed by atoms with van der Waals surface area (Å²) in [6.07, 6.45) is 11.8. The zero-order valence-corrected chi connectivity index (χ0v) is 9.59. The van der Waals surface area contributed by atoms with Gasteiger partial charge in [-0.1, -0.05) is 19.3 Å². The van der Waals surface area contributed by atoms with E-state index in [0.717, 1.165) is 51.4 Å². The van der Waals surface area contributed by atoms with E-state index >= 15 is 0 Å². The van der Waals surface area contributed by atoms with E-state index in [1.165, 1.54) is 19.3 Å². The number of ketones is 2. The summed E-state index contributed by atoms with van der Waals surface area (Å²) in [7, 11) is 0. The quantitative estimate of drug-likeness (QED) is 0.614. The van der Waals surface area contributed by atoms with Gasteiger partial charge in [-0.05, 0) is 25.7 Å². The lowest BCUT2D eigenvalue weighted by atomic mass is 10.0. The monoisotopic (exact) mass is 210 g/mol. The fourth-order valence-electron chi connectivity index (χ4n) is 2.07. The molecule has 0 radical (unpaired) electrons. The second kappa shape index (κ2) is 7.61. The van der Waals surface area contributed by atoms with Crippen molar-refractivity contribution in [3.8, 4) is 0 Å². The predicted molar refractivity (Wildman–Crippen MR) is 60.8 cm³/mol. The number of hydrogen-bond acceptors (Lipinski definition) is 2. The fraction of sp³-hybridized carbons (Fsp3) is 0.846. The SMILES string of the molecule is O=C1CCCC1.O=C1CCCCCCC1. The van der Waals surface area contributed by atoms with E-state index in [0.29, 0.717) is 11.6 Å². The maximum atomic E-state index is 10.8. The Kier molecular flexibility index (Phi) is 6.29. The minimum Gasteiger partial charge on any atom is -0.300 e. The maximum absolute atomic E-state index is 10.8. The Morgan fingerprint density at radius 2 is 0.733 bits per heavy atom. The van der Waals surface area contributed by atoms with Crippen LogP contribution in [0, 0.1) is 0 Å². The highest BCUT2D eigenvalue weighted by Gasteiger charge is 2.07. The minimum atomic E-state index is 0.454. The van der Waals surface area contributed by atoms with Crippen molar-refractivity contribution >= 4 is 11.6 Å². The fourth-order valence-corrected chi connectivity index (χ4v) is 2.07. The third kappa shape index (κ3) is 6.43. The summed E-state index contributed by atoms with van der Waals surface area (Å²) in [5.41, 5.74) is 0. The van der Waals surface area contributed by atoms with E-state index in [4.69, 9.17) is 0 Å². The van der Waals surface area contributed by atoms with Crippen LogP contribution in [0.25, 0.3) is 0 Å². The van der Waals surface area contributed by atoms with Crippen LogP contribution in [0.3, 0.4) is 0 Å². The Morgan fingerprint density at radius 1 is 0.467 bits per heavy atom.